The largest absolute Gasteiger partial charge is 0.392 e. The van der Waals surface area contributed by atoms with Crippen molar-refractivity contribution in [1.29, 1.82) is 0 Å². The van der Waals surface area contributed by atoms with Gasteiger partial charge >= 0.3 is 0 Å². The summed E-state index contributed by atoms with van der Waals surface area (Å²) in [6, 6.07) is 3.98. The lowest BCUT2D eigenvalue weighted by Crippen LogP contribution is -2.50. The number of nitrogens with one attached hydrogen (secondary N) is 1. The van der Waals surface area contributed by atoms with E-state index in [4.69, 9.17) is 29.6 Å². The van der Waals surface area contributed by atoms with Crippen molar-refractivity contribution < 1.29 is 9.18 Å². The highest BCUT2D eigenvalue weighted by Gasteiger charge is 2.47. The Morgan fingerprint density at radius 2 is 2.17 bits per heavy atom. The lowest BCUT2D eigenvalue weighted by Gasteiger charge is -2.39. The van der Waals surface area contributed by atoms with E-state index in [0.29, 0.717) is 17.9 Å². The highest BCUT2D eigenvalue weighted by atomic mass is 35.5. The van der Waals surface area contributed by atoms with Crippen LogP contribution >= 0.6 is 23.8 Å². The summed E-state index contributed by atoms with van der Waals surface area (Å²) in [5.74, 6) is -0.896. The Hall–Kier alpha value is -1.20. The number of carbonyl (C=O) groups excluding carboxylic acids is 1. The zero-order chi connectivity index (χ0) is 13.3. The Morgan fingerprint density at radius 1 is 1.50 bits per heavy atom. The molecule has 0 radical (unpaired) electrons. The molecule has 1 aromatic rings. The van der Waals surface area contributed by atoms with Gasteiger partial charge in [0, 0.05) is 5.02 Å². The van der Waals surface area contributed by atoms with Crippen molar-refractivity contribution in [3.63, 3.8) is 0 Å². The zero-order valence-corrected chi connectivity index (χ0v) is 11.1. The van der Waals surface area contributed by atoms with Crippen LogP contribution in [0, 0.1) is 11.2 Å². The number of carbonyl (C=O) groups is 1. The van der Waals surface area contributed by atoms with Gasteiger partial charge in [-0.25, -0.2) is 4.39 Å². The van der Waals surface area contributed by atoms with E-state index in [0.717, 1.165) is 6.42 Å². The Bertz CT molecular complexity index is 517. The molecule has 0 spiro atoms. The molecule has 0 saturated heterocycles. The normalized spacial score (nSPS) is 16.8. The van der Waals surface area contributed by atoms with E-state index < -0.39 is 11.2 Å². The van der Waals surface area contributed by atoms with E-state index in [1.165, 1.54) is 18.2 Å². The molecule has 0 aromatic heterocycles. The number of anilines is 1. The average molecular weight is 287 g/mol. The van der Waals surface area contributed by atoms with Crippen molar-refractivity contribution in [2.24, 2.45) is 11.1 Å². The van der Waals surface area contributed by atoms with Crippen LogP contribution < -0.4 is 11.1 Å². The highest BCUT2D eigenvalue weighted by molar-refractivity contribution is 7.80. The predicted octanol–water partition coefficient (Wildman–Crippen LogP) is 2.87. The number of hydrogen-bond donors (Lipinski definition) is 2. The van der Waals surface area contributed by atoms with Crippen LogP contribution in [0.15, 0.2) is 18.2 Å². The van der Waals surface area contributed by atoms with E-state index in [-0.39, 0.29) is 16.6 Å². The molecule has 1 aliphatic rings. The topological polar surface area (TPSA) is 55.1 Å². The second-order valence-electron chi connectivity index (χ2n) is 4.38. The van der Waals surface area contributed by atoms with E-state index in [2.05, 4.69) is 5.32 Å². The Labute approximate surface area is 114 Å². The van der Waals surface area contributed by atoms with Crippen LogP contribution in [0.5, 0.6) is 0 Å². The minimum Gasteiger partial charge on any atom is -0.392 e. The fourth-order valence-corrected chi connectivity index (χ4v) is 2.42. The van der Waals surface area contributed by atoms with Crippen LogP contribution in [-0.2, 0) is 4.79 Å². The van der Waals surface area contributed by atoms with Gasteiger partial charge in [0.2, 0.25) is 5.91 Å². The fraction of sp³-hybridized carbons (Fsp3) is 0.333. The van der Waals surface area contributed by atoms with Crippen molar-refractivity contribution in [1.82, 2.24) is 0 Å². The number of halogens is 2. The molecule has 96 valence electrons. The molecule has 0 bridgehead atoms. The molecular weight excluding hydrogens is 275 g/mol. The van der Waals surface area contributed by atoms with Crippen molar-refractivity contribution in [3.05, 3.63) is 29.0 Å². The fourth-order valence-electron chi connectivity index (χ4n) is 1.95. The summed E-state index contributed by atoms with van der Waals surface area (Å²) in [4.78, 5) is 12.3. The van der Waals surface area contributed by atoms with Gasteiger partial charge in [0.05, 0.1) is 16.1 Å². The van der Waals surface area contributed by atoms with Gasteiger partial charge in [0.25, 0.3) is 0 Å². The molecule has 3 nitrogen and oxygen atoms in total. The Kier molecular flexibility index (Phi) is 3.54. The van der Waals surface area contributed by atoms with E-state index >= 15 is 0 Å². The van der Waals surface area contributed by atoms with Crippen molar-refractivity contribution in [2.45, 2.75) is 19.3 Å². The van der Waals surface area contributed by atoms with Gasteiger partial charge in [-0.1, -0.05) is 30.2 Å². The van der Waals surface area contributed by atoms with Crippen LogP contribution in [0.3, 0.4) is 0 Å². The van der Waals surface area contributed by atoms with Crippen LogP contribution in [0.2, 0.25) is 5.02 Å². The van der Waals surface area contributed by atoms with E-state index in [1.54, 1.807) is 0 Å². The van der Waals surface area contributed by atoms with Gasteiger partial charge in [-0.2, -0.15) is 0 Å². The minimum absolute atomic E-state index is 0.0509. The van der Waals surface area contributed by atoms with E-state index in [9.17, 15) is 9.18 Å². The highest BCUT2D eigenvalue weighted by Crippen LogP contribution is 2.42. The molecule has 1 fully saturated rings. The lowest BCUT2D eigenvalue weighted by atomic mass is 9.68. The van der Waals surface area contributed by atoms with Crippen molar-refractivity contribution >= 4 is 40.4 Å². The number of rotatable bonds is 3. The Balaban J connectivity index is 2.21. The average Bonchev–Trinajstić information content (AvgIpc) is 2.21. The van der Waals surface area contributed by atoms with Gasteiger partial charge in [-0.15, -0.1) is 0 Å². The molecule has 3 N–H and O–H groups in total. The van der Waals surface area contributed by atoms with Gasteiger partial charge < -0.3 is 11.1 Å². The molecule has 1 aromatic carbocycles. The quantitative estimate of drug-likeness (QED) is 0.840. The molecule has 0 unspecified atom stereocenters. The first-order chi connectivity index (χ1) is 8.45. The third-order valence-corrected chi connectivity index (χ3v) is 3.92. The summed E-state index contributed by atoms with van der Waals surface area (Å²) < 4.78 is 13.5. The Morgan fingerprint density at radius 3 is 2.67 bits per heavy atom. The van der Waals surface area contributed by atoms with Crippen molar-refractivity contribution in [3.8, 4) is 0 Å². The predicted molar refractivity (Wildman–Crippen MR) is 73.1 cm³/mol. The standard InChI is InChI=1S/C12H12ClFN2OS/c13-7-2-3-8(14)9(6-7)16-11(17)12(10(15)18)4-1-5-12/h2-3,6H,1,4-5H2,(H2,15,18)(H,16,17). The van der Waals surface area contributed by atoms with E-state index in [1.807, 2.05) is 0 Å². The van der Waals surface area contributed by atoms with Crippen LogP contribution in [0.25, 0.3) is 0 Å². The van der Waals surface area contributed by atoms with Gasteiger partial charge in [0.1, 0.15) is 5.82 Å². The molecule has 1 saturated carbocycles. The second kappa shape index (κ2) is 4.82. The second-order valence-corrected chi connectivity index (χ2v) is 5.25. The summed E-state index contributed by atoms with van der Waals surface area (Å²) in [5, 5.41) is 2.86. The van der Waals surface area contributed by atoms with Gasteiger partial charge in [0.15, 0.2) is 0 Å². The third kappa shape index (κ3) is 2.20. The molecule has 6 heteroatoms. The summed E-state index contributed by atoms with van der Waals surface area (Å²) >= 11 is 10.7. The first-order valence-corrected chi connectivity index (χ1v) is 6.31. The molecule has 0 atom stereocenters. The van der Waals surface area contributed by atoms with Crippen LogP contribution in [0.1, 0.15) is 19.3 Å². The smallest absolute Gasteiger partial charge is 0.237 e. The molecule has 1 amide bonds. The molecule has 0 aliphatic heterocycles. The SMILES string of the molecule is NC(=S)C1(C(=O)Nc2cc(Cl)ccc2F)CCC1. The van der Waals surface area contributed by atoms with Crippen molar-refractivity contribution in [2.75, 3.05) is 5.32 Å². The molecular formula is C12H12ClFN2OS. The summed E-state index contributed by atoms with van der Waals surface area (Å²) in [6.45, 7) is 0. The van der Waals surface area contributed by atoms with Gasteiger partial charge in [-0.3, -0.25) is 4.79 Å². The zero-order valence-electron chi connectivity index (χ0n) is 9.50. The third-order valence-electron chi connectivity index (χ3n) is 3.29. The number of benzene rings is 1. The molecule has 1 aliphatic carbocycles. The number of amides is 1. The maximum Gasteiger partial charge on any atom is 0.237 e. The maximum atomic E-state index is 13.5. The minimum atomic E-state index is -0.829. The first kappa shape index (κ1) is 13.2. The summed E-state index contributed by atoms with van der Waals surface area (Å²) in [6.07, 6.45) is 2.11. The van der Waals surface area contributed by atoms with Crippen LogP contribution in [0.4, 0.5) is 10.1 Å². The summed E-state index contributed by atoms with van der Waals surface area (Å²) in [5.41, 5.74) is 4.83. The monoisotopic (exact) mass is 286 g/mol. The molecule has 0 heterocycles. The van der Waals surface area contributed by atoms with Crippen LogP contribution in [-0.4, -0.2) is 10.9 Å². The first-order valence-electron chi connectivity index (χ1n) is 5.52. The van der Waals surface area contributed by atoms with Gasteiger partial charge in [-0.05, 0) is 31.0 Å². The lowest BCUT2D eigenvalue weighted by molar-refractivity contribution is -0.125. The number of nitrogens with two attached hydrogens (primary N) is 1. The number of thiocarbonyl (C=S) groups is 1. The summed E-state index contributed by atoms with van der Waals surface area (Å²) in [7, 11) is 0. The molecule has 2 rings (SSSR count). The number of hydrogen-bond acceptors (Lipinski definition) is 2. The molecule has 18 heavy (non-hydrogen) atoms. The maximum absolute atomic E-state index is 13.5.